The molecule has 2 aromatic carbocycles. The van der Waals surface area contributed by atoms with Crippen molar-refractivity contribution in [1.82, 2.24) is 14.3 Å². The highest BCUT2D eigenvalue weighted by atomic mass is 32.1. The molecular formula is C25H20N4O4S2. The number of carbonyl (C=O) groups is 2. The molecule has 5 rings (SSSR count). The molecule has 0 saturated heterocycles. The highest BCUT2D eigenvalue weighted by molar-refractivity contribution is 7.26. The molecule has 0 aliphatic rings. The quantitative estimate of drug-likeness (QED) is 0.341. The largest absolute Gasteiger partial charge is 0.451 e. The first kappa shape index (κ1) is 22.8. The summed E-state index contributed by atoms with van der Waals surface area (Å²) >= 11 is 2.81. The Labute approximate surface area is 208 Å². The number of rotatable bonds is 6. The number of benzene rings is 2. The first-order chi connectivity index (χ1) is 16.9. The molecular weight excluding hydrogens is 484 g/mol. The van der Waals surface area contributed by atoms with Gasteiger partial charge in [0.25, 0.3) is 11.5 Å². The zero-order valence-corrected chi connectivity index (χ0v) is 20.5. The average molecular weight is 505 g/mol. The molecule has 0 atom stereocenters. The van der Waals surface area contributed by atoms with Gasteiger partial charge < -0.3 is 10.1 Å². The molecule has 176 valence electrons. The van der Waals surface area contributed by atoms with E-state index in [2.05, 4.69) is 10.3 Å². The number of para-hydroxylation sites is 2. The smallest absolute Gasteiger partial charge is 0.348 e. The molecule has 0 radical (unpaired) electrons. The molecule has 0 saturated carbocycles. The fourth-order valence-corrected chi connectivity index (χ4v) is 5.55. The molecule has 0 spiro atoms. The summed E-state index contributed by atoms with van der Waals surface area (Å²) in [5.41, 5.74) is 1.94. The van der Waals surface area contributed by atoms with Crippen molar-refractivity contribution < 1.29 is 14.3 Å². The Balaban J connectivity index is 1.25. The number of esters is 1. The number of hydrogen-bond acceptors (Lipinski definition) is 7. The third-order valence-corrected chi connectivity index (χ3v) is 7.74. The van der Waals surface area contributed by atoms with Crippen LogP contribution in [0.1, 0.15) is 15.4 Å². The van der Waals surface area contributed by atoms with Crippen LogP contribution >= 0.6 is 22.7 Å². The molecule has 35 heavy (non-hydrogen) atoms. The monoisotopic (exact) mass is 504 g/mol. The number of nitrogens with one attached hydrogen (secondary N) is 1. The number of nitrogens with zero attached hydrogens (tertiary/aromatic N) is 3. The van der Waals surface area contributed by atoms with Gasteiger partial charge in [-0.1, -0.05) is 30.3 Å². The molecule has 0 unspecified atom stereocenters. The van der Waals surface area contributed by atoms with Gasteiger partial charge in [-0.15, -0.1) is 22.7 Å². The third kappa shape index (κ3) is 4.41. The van der Waals surface area contributed by atoms with Gasteiger partial charge >= 0.3 is 5.97 Å². The standard InChI is InChI=1S/C25H20N4O4S2/c1-15-22(24(31)29(28(15)2)16-8-4-3-5-9-16)27-21(30)14-33-25(32)20-13-12-19(34-20)23-26-17-10-6-7-11-18(17)35-23/h3-13H,14H2,1-2H3,(H,27,30). The molecule has 0 bridgehead atoms. The van der Waals surface area contributed by atoms with Gasteiger partial charge in [0.1, 0.15) is 15.6 Å². The van der Waals surface area contributed by atoms with Crippen molar-refractivity contribution in [3.05, 3.63) is 87.7 Å². The van der Waals surface area contributed by atoms with Gasteiger partial charge in [0.15, 0.2) is 6.61 Å². The number of anilines is 1. The zero-order chi connectivity index (χ0) is 24.5. The first-order valence-corrected chi connectivity index (χ1v) is 12.3. The van der Waals surface area contributed by atoms with E-state index in [1.165, 1.54) is 16.0 Å². The summed E-state index contributed by atoms with van der Waals surface area (Å²) in [6.45, 7) is 1.23. The van der Waals surface area contributed by atoms with Gasteiger partial charge in [-0.05, 0) is 43.3 Å². The van der Waals surface area contributed by atoms with Crippen molar-refractivity contribution in [3.63, 3.8) is 0 Å². The number of carbonyl (C=O) groups excluding carboxylic acids is 2. The van der Waals surface area contributed by atoms with Crippen LogP contribution in [0.25, 0.3) is 25.8 Å². The molecule has 5 aromatic rings. The molecule has 1 amide bonds. The van der Waals surface area contributed by atoms with E-state index in [0.717, 1.165) is 20.1 Å². The molecule has 3 aromatic heterocycles. The SMILES string of the molecule is Cc1c(NC(=O)COC(=O)c2ccc(-c3nc4ccccc4s3)s2)c(=O)n(-c2ccccc2)n1C. The lowest BCUT2D eigenvalue weighted by Crippen LogP contribution is -2.25. The van der Waals surface area contributed by atoms with E-state index in [0.29, 0.717) is 16.3 Å². The Bertz CT molecular complexity index is 1580. The third-order valence-electron chi connectivity index (χ3n) is 5.46. The van der Waals surface area contributed by atoms with E-state index in [1.807, 2.05) is 48.5 Å². The summed E-state index contributed by atoms with van der Waals surface area (Å²) in [5, 5.41) is 3.41. The van der Waals surface area contributed by atoms with Crippen LogP contribution in [0.2, 0.25) is 0 Å². The number of thiazole rings is 1. The lowest BCUT2D eigenvalue weighted by atomic mass is 10.3. The number of thiophene rings is 1. The summed E-state index contributed by atoms with van der Waals surface area (Å²) in [7, 11) is 1.74. The maximum absolute atomic E-state index is 12.9. The second kappa shape index (κ2) is 9.32. The van der Waals surface area contributed by atoms with Gasteiger partial charge in [0.2, 0.25) is 0 Å². The topological polar surface area (TPSA) is 95.2 Å². The minimum Gasteiger partial charge on any atom is -0.451 e. The molecule has 10 heteroatoms. The molecule has 0 aliphatic carbocycles. The highest BCUT2D eigenvalue weighted by Gasteiger charge is 2.20. The van der Waals surface area contributed by atoms with Crippen LogP contribution in [0.4, 0.5) is 5.69 Å². The summed E-state index contributed by atoms with van der Waals surface area (Å²) < 4.78 is 9.39. The lowest BCUT2D eigenvalue weighted by molar-refractivity contribution is -0.119. The van der Waals surface area contributed by atoms with E-state index in [-0.39, 0.29) is 11.2 Å². The van der Waals surface area contributed by atoms with Crippen molar-refractivity contribution >= 4 is 50.5 Å². The normalized spacial score (nSPS) is 11.0. The molecule has 8 nitrogen and oxygen atoms in total. The summed E-state index contributed by atoms with van der Waals surface area (Å²) in [6.07, 6.45) is 0. The van der Waals surface area contributed by atoms with E-state index in [9.17, 15) is 14.4 Å². The minimum atomic E-state index is -0.607. The zero-order valence-electron chi connectivity index (χ0n) is 18.8. The fourth-order valence-electron chi connectivity index (χ4n) is 3.63. The maximum Gasteiger partial charge on any atom is 0.348 e. The van der Waals surface area contributed by atoms with Gasteiger partial charge in [0.05, 0.1) is 26.5 Å². The number of amides is 1. The van der Waals surface area contributed by atoms with Crippen molar-refractivity contribution in [1.29, 1.82) is 0 Å². The van der Waals surface area contributed by atoms with Crippen LogP contribution in [0.3, 0.4) is 0 Å². The minimum absolute atomic E-state index is 0.145. The summed E-state index contributed by atoms with van der Waals surface area (Å²) in [4.78, 5) is 43.8. The second-order valence-corrected chi connectivity index (χ2v) is 9.83. The van der Waals surface area contributed by atoms with Gasteiger partial charge in [0, 0.05) is 7.05 Å². The Kier molecular flexibility index (Phi) is 6.06. The number of fused-ring (bicyclic) bond motifs is 1. The highest BCUT2D eigenvalue weighted by Crippen LogP contribution is 2.34. The summed E-state index contributed by atoms with van der Waals surface area (Å²) in [5.74, 6) is -1.20. The molecule has 0 aliphatic heterocycles. The van der Waals surface area contributed by atoms with Crippen molar-refractivity contribution in [2.24, 2.45) is 7.05 Å². The fraction of sp³-hybridized carbons (Fsp3) is 0.120. The van der Waals surface area contributed by atoms with Gasteiger partial charge in [-0.25, -0.2) is 14.5 Å². The van der Waals surface area contributed by atoms with Crippen LogP contribution in [-0.4, -0.2) is 32.8 Å². The van der Waals surface area contributed by atoms with Crippen LogP contribution in [-0.2, 0) is 16.6 Å². The van der Waals surface area contributed by atoms with Crippen LogP contribution in [0.5, 0.6) is 0 Å². The Morgan fingerprint density at radius 2 is 1.74 bits per heavy atom. The van der Waals surface area contributed by atoms with E-state index in [4.69, 9.17) is 4.74 Å². The van der Waals surface area contributed by atoms with Crippen molar-refractivity contribution in [2.75, 3.05) is 11.9 Å². The second-order valence-electron chi connectivity index (χ2n) is 7.71. The summed E-state index contributed by atoms with van der Waals surface area (Å²) in [6, 6.07) is 20.4. The Hall–Kier alpha value is -4.02. The van der Waals surface area contributed by atoms with Gasteiger partial charge in [-0.3, -0.25) is 14.3 Å². The Morgan fingerprint density at radius 1 is 1.00 bits per heavy atom. The van der Waals surface area contributed by atoms with Crippen molar-refractivity contribution in [3.8, 4) is 15.6 Å². The van der Waals surface area contributed by atoms with Crippen LogP contribution < -0.4 is 10.9 Å². The Morgan fingerprint density at radius 3 is 2.51 bits per heavy atom. The van der Waals surface area contributed by atoms with Crippen LogP contribution in [0, 0.1) is 6.92 Å². The molecule has 3 heterocycles. The predicted molar refractivity (Wildman–Crippen MR) is 138 cm³/mol. The number of aromatic nitrogens is 3. The van der Waals surface area contributed by atoms with Crippen molar-refractivity contribution in [2.45, 2.75) is 6.92 Å². The van der Waals surface area contributed by atoms with Crippen LogP contribution in [0.15, 0.2) is 71.5 Å². The van der Waals surface area contributed by atoms with E-state index < -0.39 is 18.5 Å². The molecule has 0 fully saturated rings. The van der Waals surface area contributed by atoms with E-state index in [1.54, 1.807) is 48.2 Å². The molecule has 1 N–H and O–H groups in total. The maximum atomic E-state index is 12.9. The van der Waals surface area contributed by atoms with Gasteiger partial charge in [-0.2, -0.15) is 0 Å². The lowest BCUT2D eigenvalue weighted by Gasteiger charge is -2.07. The number of hydrogen-bond donors (Lipinski definition) is 1. The predicted octanol–water partition coefficient (Wildman–Crippen LogP) is 4.62. The van der Waals surface area contributed by atoms with E-state index >= 15 is 0 Å². The first-order valence-electron chi connectivity index (χ1n) is 10.7. The average Bonchev–Trinajstić information content (AvgIpc) is 3.57. The number of ether oxygens (including phenoxy) is 1.